The van der Waals surface area contributed by atoms with Crippen LogP contribution < -0.4 is 0 Å². The van der Waals surface area contributed by atoms with E-state index < -0.39 is 21.1 Å². The number of carbonyl (C=O) groups is 1. The molecule has 0 aliphatic rings. The van der Waals surface area contributed by atoms with Gasteiger partial charge in [-0.05, 0) is 26.0 Å². The highest BCUT2D eigenvalue weighted by Crippen LogP contribution is 2.23. The Labute approximate surface area is 117 Å². The van der Waals surface area contributed by atoms with Crippen molar-refractivity contribution in [3.63, 3.8) is 0 Å². The van der Waals surface area contributed by atoms with E-state index >= 15 is 0 Å². The predicted molar refractivity (Wildman–Crippen MR) is 69.2 cm³/mol. The second-order valence-electron chi connectivity index (χ2n) is 3.84. The van der Waals surface area contributed by atoms with Crippen LogP contribution in [0.5, 0.6) is 0 Å². The van der Waals surface area contributed by atoms with Crippen LogP contribution in [0.25, 0.3) is 0 Å². The van der Waals surface area contributed by atoms with Crippen molar-refractivity contribution < 1.29 is 17.9 Å². The van der Waals surface area contributed by atoms with E-state index in [0.29, 0.717) is 0 Å². The number of rotatable bonds is 4. The first kappa shape index (κ1) is 15.7. The Kier molecular flexibility index (Phi) is 4.84. The van der Waals surface area contributed by atoms with E-state index in [0.717, 1.165) is 0 Å². The van der Waals surface area contributed by atoms with Gasteiger partial charge in [-0.1, -0.05) is 6.07 Å². The Morgan fingerprint density at radius 1 is 1.35 bits per heavy atom. The molecule has 0 aliphatic carbocycles. The SMILES string of the molecule is CCOC(=O)C(C)S(=O)(=O)c1cccc(C#N)c1C#N. The topological polar surface area (TPSA) is 108 Å². The number of carbonyl (C=O) groups excluding carboxylic acids is 1. The molecule has 1 unspecified atom stereocenters. The van der Waals surface area contributed by atoms with Crippen molar-refractivity contribution in [3.8, 4) is 12.1 Å². The lowest BCUT2D eigenvalue weighted by molar-refractivity contribution is -0.142. The van der Waals surface area contributed by atoms with Crippen molar-refractivity contribution in [2.45, 2.75) is 24.0 Å². The van der Waals surface area contributed by atoms with Crippen LogP contribution in [0.3, 0.4) is 0 Å². The van der Waals surface area contributed by atoms with Gasteiger partial charge in [0.05, 0.1) is 22.6 Å². The summed E-state index contributed by atoms with van der Waals surface area (Å²) in [6.45, 7) is 2.81. The number of hydrogen-bond donors (Lipinski definition) is 0. The van der Waals surface area contributed by atoms with Gasteiger partial charge in [0.2, 0.25) is 0 Å². The number of nitriles is 2. The molecule has 0 amide bonds. The number of nitrogens with zero attached hydrogens (tertiary/aromatic N) is 2. The Morgan fingerprint density at radius 2 is 2.00 bits per heavy atom. The third kappa shape index (κ3) is 2.79. The molecular formula is C13H12N2O4S. The van der Waals surface area contributed by atoms with Gasteiger partial charge in [0, 0.05) is 0 Å². The van der Waals surface area contributed by atoms with E-state index in [1.165, 1.54) is 25.1 Å². The van der Waals surface area contributed by atoms with E-state index in [1.807, 2.05) is 0 Å². The molecule has 0 saturated carbocycles. The second-order valence-corrected chi connectivity index (χ2v) is 6.08. The van der Waals surface area contributed by atoms with Gasteiger partial charge in [-0.3, -0.25) is 4.79 Å². The maximum Gasteiger partial charge on any atom is 0.324 e. The van der Waals surface area contributed by atoms with Crippen molar-refractivity contribution in [1.29, 1.82) is 10.5 Å². The zero-order chi connectivity index (χ0) is 15.3. The first-order valence-electron chi connectivity index (χ1n) is 5.73. The summed E-state index contributed by atoms with van der Waals surface area (Å²) in [7, 11) is -4.08. The Morgan fingerprint density at radius 3 is 2.50 bits per heavy atom. The van der Waals surface area contributed by atoms with E-state index in [4.69, 9.17) is 10.5 Å². The number of esters is 1. The summed E-state index contributed by atoms with van der Waals surface area (Å²) in [6.07, 6.45) is 0. The summed E-state index contributed by atoms with van der Waals surface area (Å²) in [4.78, 5) is 11.2. The Bertz CT molecular complexity index is 711. The fraction of sp³-hybridized carbons (Fsp3) is 0.308. The first-order valence-corrected chi connectivity index (χ1v) is 7.28. The Balaban J connectivity index is 3.42. The van der Waals surface area contributed by atoms with Crippen LogP contribution in [-0.4, -0.2) is 26.2 Å². The van der Waals surface area contributed by atoms with E-state index in [-0.39, 0.29) is 22.6 Å². The molecule has 104 valence electrons. The molecule has 1 rings (SSSR count). The van der Waals surface area contributed by atoms with Crippen LogP contribution in [0.4, 0.5) is 0 Å². The summed E-state index contributed by atoms with van der Waals surface area (Å²) in [6, 6.07) is 7.33. The minimum absolute atomic E-state index is 0.0513. The van der Waals surface area contributed by atoms with Crippen LogP contribution in [0.15, 0.2) is 23.1 Å². The zero-order valence-corrected chi connectivity index (χ0v) is 11.8. The summed E-state index contributed by atoms with van der Waals surface area (Å²) >= 11 is 0. The van der Waals surface area contributed by atoms with Gasteiger partial charge in [-0.25, -0.2) is 8.42 Å². The third-order valence-electron chi connectivity index (χ3n) is 2.65. The molecule has 20 heavy (non-hydrogen) atoms. The van der Waals surface area contributed by atoms with Crippen molar-refractivity contribution in [2.24, 2.45) is 0 Å². The third-order valence-corrected chi connectivity index (χ3v) is 4.73. The van der Waals surface area contributed by atoms with Gasteiger partial charge < -0.3 is 4.74 Å². The number of sulfone groups is 1. The summed E-state index contributed by atoms with van der Waals surface area (Å²) < 4.78 is 29.3. The van der Waals surface area contributed by atoms with Gasteiger partial charge in [0.25, 0.3) is 0 Å². The van der Waals surface area contributed by atoms with Gasteiger partial charge in [-0.15, -0.1) is 0 Å². The maximum atomic E-state index is 12.3. The fourth-order valence-corrected chi connectivity index (χ4v) is 2.96. The standard InChI is InChI=1S/C13H12N2O4S/c1-3-19-13(16)9(2)20(17,18)12-6-4-5-10(7-14)11(12)8-15/h4-6,9H,3H2,1-2H3. The maximum absolute atomic E-state index is 12.3. The molecule has 1 aromatic rings. The minimum atomic E-state index is -4.08. The van der Waals surface area contributed by atoms with Crippen LogP contribution in [0.2, 0.25) is 0 Å². The molecule has 6 nitrogen and oxygen atoms in total. The molecule has 0 aliphatic heterocycles. The van der Waals surface area contributed by atoms with Gasteiger partial charge in [-0.2, -0.15) is 10.5 Å². The monoisotopic (exact) mass is 292 g/mol. The smallest absolute Gasteiger partial charge is 0.324 e. The number of ether oxygens (including phenoxy) is 1. The molecule has 0 N–H and O–H groups in total. The minimum Gasteiger partial charge on any atom is -0.465 e. The molecule has 0 heterocycles. The normalized spacial score (nSPS) is 12.0. The average Bonchev–Trinajstić information content (AvgIpc) is 2.45. The molecule has 7 heteroatoms. The zero-order valence-electron chi connectivity index (χ0n) is 11.0. The van der Waals surface area contributed by atoms with E-state index in [1.54, 1.807) is 19.1 Å². The number of hydrogen-bond acceptors (Lipinski definition) is 6. The lowest BCUT2D eigenvalue weighted by atomic mass is 10.1. The second kappa shape index (κ2) is 6.18. The largest absolute Gasteiger partial charge is 0.465 e. The summed E-state index contributed by atoms with van der Waals surface area (Å²) in [5.74, 6) is -0.890. The molecular weight excluding hydrogens is 280 g/mol. The molecule has 0 fully saturated rings. The quantitative estimate of drug-likeness (QED) is 0.770. The highest BCUT2D eigenvalue weighted by molar-refractivity contribution is 7.92. The van der Waals surface area contributed by atoms with Gasteiger partial charge in [0.15, 0.2) is 15.1 Å². The summed E-state index contributed by atoms with van der Waals surface area (Å²) in [5, 5.41) is 16.5. The van der Waals surface area contributed by atoms with Crippen LogP contribution in [-0.2, 0) is 19.4 Å². The average molecular weight is 292 g/mol. The van der Waals surface area contributed by atoms with Gasteiger partial charge >= 0.3 is 5.97 Å². The lowest BCUT2D eigenvalue weighted by Crippen LogP contribution is -2.30. The van der Waals surface area contributed by atoms with Crippen LogP contribution in [0, 0.1) is 22.7 Å². The highest BCUT2D eigenvalue weighted by Gasteiger charge is 2.33. The van der Waals surface area contributed by atoms with E-state index in [9.17, 15) is 13.2 Å². The van der Waals surface area contributed by atoms with Crippen molar-refractivity contribution in [1.82, 2.24) is 0 Å². The number of benzene rings is 1. The van der Waals surface area contributed by atoms with Crippen molar-refractivity contribution >= 4 is 15.8 Å². The molecule has 1 aromatic carbocycles. The summed E-state index contributed by atoms with van der Waals surface area (Å²) in [5.41, 5.74) is -0.309. The van der Waals surface area contributed by atoms with E-state index in [2.05, 4.69) is 4.74 Å². The van der Waals surface area contributed by atoms with Crippen molar-refractivity contribution in [3.05, 3.63) is 29.3 Å². The molecule has 0 spiro atoms. The molecule has 0 bridgehead atoms. The predicted octanol–water partition coefficient (Wildman–Crippen LogP) is 1.16. The lowest BCUT2D eigenvalue weighted by Gasteiger charge is -2.13. The fourth-order valence-electron chi connectivity index (χ4n) is 1.55. The molecule has 1 atom stereocenters. The molecule has 0 aromatic heterocycles. The Hall–Kier alpha value is -2.38. The van der Waals surface area contributed by atoms with Crippen LogP contribution in [0.1, 0.15) is 25.0 Å². The molecule has 0 saturated heterocycles. The first-order chi connectivity index (χ1) is 9.39. The molecule has 0 radical (unpaired) electrons. The highest BCUT2D eigenvalue weighted by atomic mass is 32.2. The van der Waals surface area contributed by atoms with Gasteiger partial charge in [0.1, 0.15) is 12.1 Å². The van der Waals surface area contributed by atoms with Crippen molar-refractivity contribution in [2.75, 3.05) is 6.61 Å². The van der Waals surface area contributed by atoms with Crippen LogP contribution >= 0.6 is 0 Å².